The summed E-state index contributed by atoms with van der Waals surface area (Å²) in [5.41, 5.74) is -0.500. The number of likely N-dealkylation sites (tertiary alicyclic amines) is 1. The van der Waals surface area contributed by atoms with E-state index in [1.165, 1.54) is 4.90 Å². The molecule has 1 unspecified atom stereocenters. The summed E-state index contributed by atoms with van der Waals surface area (Å²) in [6, 6.07) is -0.171. The standard InChI is InChI=1S/C14H25NO3/c1-5-14(6-2)9-12(17)15(13(14)18)11(7-8-16)10(3)4/h10-11,16H,5-9H2,1-4H3. The molecule has 0 aliphatic carbocycles. The van der Waals surface area contributed by atoms with Crippen LogP contribution in [0.4, 0.5) is 0 Å². The van der Waals surface area contributed by atoms with Crippen LogP contribution in [0.3, 0.4) is 0 Å². The number of amides is 2. The Balaban J connectivity index is 3.02. The van der Waals surface area contributed by atoms with Gasteiger partial charge < -0.3 is 5.11 Å². The van der Waals surface area contributed by atoms with Gasteiger partial charge in [0.05, 0.1) is 5.41 Å². The molecule has 0 spiro atoms. The first-order chi connectivity index (χ1) is 8.43. The van der Waals surface area contributed by atoms with Gasteiger partial charge >= 0.3 is 0 Å². The smallest absolute Gasteiger partial charge is 0.236 e. The molecular weight excluding hydrogens is 230 g/mol. The van der Waals surface area contributed by atoms with Gasteiger partial charge in [0, 0.05) is 19.1 Å². The van der Waals surface area contributed by atoms with E-state index < -0.39 is 5.41 Å². The number of aliphatic hydroxyl groups excluding tert-OH is 1. The number of rotatable bonds is 6. The Labute approximate surface area is 109 Å². The zero-order chi connectivity index (χ0) is 13.9. The van der Waals surface area contributed by atoms with Gasteiger partial charge in [-0.2, -0.15) is 0 Å². The van der Waals surface area contributed by atoms with Crippen molar-refractivity contribution >= 4 is 11.8 Å². The lowest BCUT2D eigenvalue weighted by atomic mass is 9.81. The molecule has 1 fully saturated rings. The fraction of sp³-hybridized carbons (Fsp3) is 0.857. The maximum Gasteiger partial charge on any atom is 0.236 e. The van der Waals surface area contributed by atoms with Crippen molar-refractivity contribution in [3.8, 4) is 0 Å². The molecule has 4 heteroatoms. The maximum absolute atomic E-state index is 12.5. The van der Waals surface area contributed by atoms with E-state index in [2.05, 4.69) is 0 Å². The summed E-state index contributed by atoms with van der Waals surface area (Å²) in [5, 5.41) is 9.11. The molecule has 1 N–H and O–H groups in total. The van der Waals surface area contributed by atoms with Gasteiger partial charge in [-0.1, -0.05) is 27.7 Å². The third-order valence-corrected chi connectivity index (χ3v) is 4.31. The lowest BCUT2D eigenvalue weighted by Crippen LogP contribution is -2.45. The van der Waals surface area contributed by atoms with Crippen molar-refractivity contribution in [1.82, 2.24) is 4.90 Å². The molecule has 1 aliphatic rings. The number of hydrogen-bond acceptors (Lipinski definition) is 3. The van der Waals surface area contributed by atoms with Gasteiger partial charge in [0.15, 0.2) is 0 Å². The van der Waals surface area contributed by atoms with Crippen molar-refractivity contribution in [3.05, 3.63) is 0 Å². The first kappa shape index (κ1) is 15.2. The number of imide groups is 1. The highest BCUT2D eigenvalue weighted by molar-refractivity contribution is 6.06. The summed E-state index contributed by atoms with van der Waals surface area (Å²) in [6.07, 6.45) is 2.20. The molecule has 0 radical (unpaired) electrons. The molecule has 1 aliphatic heterocycles. The van der Waals surface area contributed by atoms with Gasteiger partial charge in [0.25, 0.3) is 0 Å². The molecule has 104 valence electrons. The van der Waals surface area contributed by atoms with Crippen LogP contribution in [0, 0.1) is 11.3 Å². The normalized spacial score (nSPS) is 20.9. The molecule has 1 rings (SSSR count). The Hall–Kier alpha value is -0.900. The van der Waals surface area contributed by atoms with Crippen LogP contribution in [-0.2, 0) is 9.59 Å². The first-order valence-electron chi connectivity index (χ1n) is 6.90. The van der Waals surface area contributed by atoms with Crippen LogP contribution in [0.2, 0.25) is 0 Å². The molecule has 0 aromatic rings. The van der Waals surface area contributed by atoms with Crippen LogP contribution in [0.1, 0.15) is 53.4 Å². The molecule has 18 heavy (non-hydrogen) atoms. The lowest BCUT2D eigenvalue weighted by molar-refractivity contribution is -0.145. The zero-order valence-corrected chi connectivity index (χ0v) is 11.9. The van der Waals surface area contributed by atoms with Crippen molar-refractivity contribution < 1.29 is 14.7 Å². The molecular formula is C14H25NO3. The van der Waals surface area contributed by atoms with Crippen LogP contribution in [0.25, 0.3) is 0 Å². The van der Waals surface area contributed by atoms with E-state index in [1.807, 2.05) is 27.7 Å². The summed E-state index contributed by atoms with van der Waals surface area (Å²) >= 11 is 0. The zero-order valence-electron chi connectivity index (χ0n) is 11.9. The van der Waals surface area contributed by atoms with Crippen LogP contribution in [0.5, 0.6) is 0 Å². The third kappa shape index (κ3) is 2.44. The minimum absolute atomic E-state index is 0.00512. The number of nitrogens with zero attached hydrogens (tertiary/aromatic N) is 1. The van der Waals surface area contributed by atoms with Gasteiger partial charge in [0.1, 0.15) is 0 Å². The summed E-state index contributed by atoms with van der Waals surface area (Å²) < 4.78 is 0. The van der Waals surface area contributed by atoms with Crippen LogP contribution in [-0.4, -0.2) is 34.5 Å². The molecule has 1 atom stereocenters. The molecule has 0 saturated carbocycles. The van der Waals surface area contributed by atoms with Crippen molar-refractivity contribution in [2.24, 2.45) is 11.3 Å². The van der Waals surface area contributed by atoms with Gasteiger partial charge in [0.2, 0.25) is 11.8 Å². The average molecular weight is 255 g/mol. The second kappa shape index (κ2) is 5.83. The maximum atomic E-state index is 12.5. The molecule has 0 aromatic heterocycles. The van der Waals surface area contributed by atoms with E-state index in [-0.39, 0.29) is 30.4 Å². The molecule has 1 saturated heterocycles. The molecule has 2 amide bonds. The van der Waals surface area contributed by atoms with E-state index in [9.17, 15) is 9.59 Å². The predicted molar refractivity (Wildman–Crippen MR) is 69.8 cm³/mol. The van der Waals surface area contributed by atoms with Crippen molar-refractivity contribution in [3.63, 3.8) is 0 Å². The molecule has 0 aromatic carbocycles. The van der Waals surface area contributed by atoms with E-state index in [1.54, 1.807) is 0 Å². The quantitative estimate of drug-likeness (QED) is 0.738. The largest absolute Gasteiger partial charge is 0.396 e. The van der Waals surface area contributed by atoms with Crippen molar-refractivity contribution in [2.75, 3.05) is 6.61 Å². The third-order valence-electron chi connectivity index (χ3n) is 4.31. The van der Waals surface area contributed by atoms with Gasteiger partial charge in [-0.05, 0) is 25.2 Å². The minimum atomic E-state index is -0.500. The SMILES string of the molecule is CCC1(CC)CC(=O)N(C(CCO)C(C)C)C1=O. The van der Waals surface area contributed by atoms with Crippen LogP contribution >= 0.6 is 0 Å². The monoisotopic (exact) mass is 255 g/mol. The summed E-state index contributed by atoms with van der Waals surface area (Å²) in [7, 11) is 0. The van der Waals surface area contributed by atoms with Gasteiger partial charge in [-0.15, -0.1) is 0 Å². The Morgan fingerprint density at radius 1 is 1.28 bits per heavy atom. The fourth-order valence-corrected chi connectivity index (χ4v) is 2.85. The van der Waals surface area contributed by atoms with E-state index >= 15 is 0 Å². The van der Waals surface area contributed by atoms with E-state index in [0.29, 0.717) is 25.7 Å². The van der Waals surface area contributed by atoms with Gasteiger partial charge in [-0.3, -0.25) is 14.5 Å². The number of carbonyl (C=O) groups excluding carboxylic acids is 2. The number of hydrogen-bond donors (Lipinski definition) is 1. The lowest BCUT2D eigenvalue weighted by Gasteiger charge is -2.31. The highest BCUT2D eigenvalue weighted by Gasteiger charge is 2.51. The number of carbonyl (C=O) groups is 2. The summed E-state index contributed by atoms with van der Waals surface area (Å²) in [5.74, 6) is 0.0649. The fourth-order valence-electron chi connectivity index (χ4n) is 2.85. The molecule has 0 bridgehead atoms. The minimum Gasteiger partial charge on any atom is -0.396 e. The van der Waals surface area contributed by atoms with E-state index in [4.69, 9.17) is 5.11 Å². The second-order valence-electron chi connectivity index (χ2n) is 5.56. The van der Waals surface area contributed by atoms with Crippen molar-refractivity contribution in [2.45, 2.75) is 59.4 Å². The van der Waals surface area contributed by atoms with Gasteiger partial charge in [-0.25, -0.2) is 0 Å². The van der Waals surface area contributed by atoms with E-state index in [0.717, 1.165) is 0 Å². The van der Waals surface area contributed by atoms with Crippen molar-refractivity contribution in [1.29, 1.82) is 0 Å². The first-order valence-corrected chi connectivity index (χ1v) is 6.90. The average Bonchev–Trinajstić information content (AvgIpc) is 2.58. The Morgan fingerprint density at radius 3 is 2.17 bits per heavy atom. The Kier molecular flexibility index (Phi) is 4.91. The number of aliphatic hydroxyl groups is 1. The molecule has 4 nitrogen and oxygen atoms in total. The Bertz CT molecular complexity index is 321. The summed E-state index contributed by atoms with van der Waals surface area (Å²) in [6.45, 7) is 7.91. The van der Waals surface area contributed by atoms with Crippen LogP contribution < -0.4 is 0 Å². The highest BCUT2D eigenvalue weighted by atomic mass is 16.3. The Morgan fingerprint density at radius 2 is 1.83 bits per heavy atom. The van der Waals surface area contributed by atoms with Crippen LogP contribution in [0.15, 0.2) is 0 Å². The topological polar surface area (TPSA) is 57.6 Å². The summed E-state index contributed by atoms with van der Waals surface area (Å²) in [4.78, 5) is 26.1. The predicted octanol–water partition coefficient (Wildman–Crippen LogP) is 1.96. The second-order valence-corrected chi connectivity index (χ2v) is 5.56. The highest BCUT2D eigenvalue weighted by Crippen LogP contribution is 2.41. The molecule has 1 heterocycles.